The third-order valence-corrected chi connectivity index (χ3v) is 6.15. The van der Waals surface area contributed by atoms with E-state index in [9.17, 15) is 19.2 Å². The highest BCUT2D eigenvalue weighted by molar-refractivity contribution is 6.12. The van der Waals surface area contributed by atoms with Crippen LogP contribution in [0, 0.1) is 0 Å². The van der Waals surface area contributed by atoms with E-state index in [0.717, 1.165) is 4.90 Å². The molecule has 1 saturated heterocycles. The van der Waals surface area contributed by atoms with Crippen molar-refractivity contribution in [2.75, 3.05) is 23.6 Å². The smallest absolute Gasteiger partial charge is 0.325 e. The van der Waals surface area contributed by atoms with E-state index in [1.54, 1.807) is 56.3 Å². The number of imide groups is 1. The normalized spacial score (nSPS) is 23.7. The molecule has 2 atom stereocenters. The summed E-state index contributed by atoms with van der Waals surface area (Å²) in [6.45, 7) is 2.96. The molecule has 1 fully saturated rings. The number of rotatable bonds is 3. The first kappa shape index (κ1) is 20.8. The quantitative estimate of drug-likeness (QED) is 0.691. The minimum Gasteiger partial charge on any atom is -0.454 e. The summed E-state index contributed by atoms with van der Waals surface area (Å²) in [4.78, 5) is 54.0. The zero-order chi connectivity index (χ0) is 23.3. The molecule has 3 aliphatic heterocycles. The van der Waals surface area contributed by atoms with Gasteiger partial charge < -0.3 is 25.0 Å². The number of urea groups is 1. The zero-order valence-corrected chi connectivity index (χ0v) is 18.1. The second-order valence-electron chi connectivity index (χ2n) is 8.40. The van der Waals surface area contributed by atoms with Crippen molar-refractivity contribution in [1.82, 2.24) is 10.2 Å². The van der Waals surface area contributed by atoms with Gasteiger partial charge in [-0.15, -0.1) is 0 Å². The van der Waals surface area contributed by atoms with E-state index < -0.39 is 36.0 Å². The molecule has 0 unspecified atom stereocenters. The molecule has 2 aromatic carbocycles. The van der Waals surface area contributed by atoms with Crippen LogP contribution in [0.2, 0.25) is 0 Å². The second kappa shape index (κ2) is 7.51. The van der Waals surface area contributed by atoms with Crippen molar-refractivity contribution in [3.63, 3.8) is 0 Å². The van der Waals surface area contributed by atoms with E-state index in [2.05, 4.69) is 10.6 Å². The molecule has 3 heterocycles. The Morgan fingerprint density at radius 1 is 1.12 bits per heavy atom. The van der Waals surface area contributed by atoms with Gasteiger partial charge in [0.05, 0.1) is 11.4 Å². The molecule has 5 rings (SSSR count). The number of nitrogens with one attached hydrogen (secondary N) is 2. The van der Waals surface area contributed by atoms with Crippen LogP contribution in [0.4, 0.5) is 16.2 Å². The van der Waals surface area contributed by atoms with Gasteiger partial charge in [-0.25, -0.2) is 4.79 Å². The van der Waals surface area contributed by atoms with Crippen LogP contribution in [0.5, 0.6) is 11.5 Å². The predicted octanol–water partition coefficient (Wildman–Crippen LogP) is 1.95. The molecule has 10 nitrogen and oxygen atoms in total. The van der Waals surface area contributed by atoms with Crippen LogP contribution < -0.4 is 25.0 Å². The summed E-state index contributed by atoms with van der Waals surface area (Å²) in [5, 5.41) is 5.49. The minimum atomic E-state index is -1.36. The Kier molecular flexibility index (Phi) is 4.73. The summed E-state index contributed by atoms with van der Waals surface area (Å²) in [6.07, 6.45) is 0.0927. The Hall–Kier alpha value is -4.08. The molecule has 0 spiro atoms. The Labute approximate surface area is 189 Å². The summed E-state index contributed by atoms with van der Waals surface area (Å²) in [6, 6.07) is 10.8. The van der Waals surface area contributed by atoms with Crippen molar-refractivity contribution < 1.29 is 28.7 Å². The minimum absolute atomic E-state index is 0.0866. The van der Waals surface area contributed by atoms with Gasteiger partial charge in [0.2, 0.25) is 18.6 Å². The number of benzene rings is 2. The highest BCUT2D eigenvalue weighted by Gasteiger charge is 2.50. The zero-order valence-electron chi connectivity index (χ0n) is 18.1. The number of hydrogen-bond donors (Lipinski definition) is 2. The summed E-state index contributed by atoms with van der Waals surface area (Å²) < 4.78 is 10.7. The number of nitrogens with zero attached hydrogens (tertiary/aromatic N) is 2. The van der Waals surface area contributed by atoms with Crippen molar-refractivity contribution in [1.29, 1.82) is 0 Å². The van der Waals surface area contributed by atoms with Crippen LogP contribution >= 0.6 is 0 Å². The van der Waals surface area contributed by atoms with Gasteiger partial charge in [0.15, 0.2) is 11.5 Å². The van der Waals surface area contributed by atoms with Gasteiger partial charge in [-0.05, 0) is 43.7 Å². The van der Waals surface area contributed by atoms with Gasteiger partial charge in [-0.1, -0.05) is 18.2 Å². The van der Waals surface area contributed by atoms with Crippen molar-refractivity contribution in [2.24, 2.45) is 0 Å². The fourth-order valence-corrected chi connectivity index (χ4v) is 4.42. The number of fused-ring (bicyclic) bond motifs is 2. The van der Waals surface area contributed by atoms with Gasteiger partial charge in [-0.2, -0.15) is 0 Å². The van der Waals surface area contributed by atoms with E-state index in [-0.39, 0.29) is 19.1 Å². The van der Waals surface area contributed by atoms with Crippen molar-refractivity contribution in [3.8, 4) is 11.5 Å². The molecule has 0 aliphatic carbocycles. The molecular formula is C23H22N4O6. The fourth-order valence-electron chi connectivity index (χ4n) is 4.42. The van der Waals surface area contributed by atoms with Gasteiger partial charge in [-0.3, -0.25) is 19.3 Å². The maximum atomic E-state index is 13.4. The lowest BCUT2D eigenvalue weighted by Crippen LogP contribution is -2.47. The number of para-hydroxylation sites is 2. The summed E-state index contributed by atoms with van der Waals surface area (Å²) in [7, 11) is 0. The Balaban J connectivity index is 1.41. The van der Waals surface area contributed by atoms with E-state index in [1.807, 2.05) is 0 Å². The molecule has 0 aromatic heterocycles. The maximum Gasteiger partial charge on any atom is 0.325 e. The van der Waals surface area contributed by atoms with E-state index in [0.29, 0.717) is 28.4 Å². The SMILES string of the molecule is C[C@H]1CC(=O)Nc2ccccc2N1C(=O)CN1C(=O)N[C@](C)(c2ccc3c(c2)OCO3)C1=O. The standard InChI is InChI=1S/C23H22N4O6/c1-13-9-19(28)24-15-5-3-4-6-16(15)27(13)20(29)11-26-21(30)23(2,25-22(26)31)14-7-8-17-18(10-14)33-12-32-17/h3-8,10,13H,9,11-12H2,1-2H3,(H,24,28)(H,25,31)/t13-,23+/m0/s1. The van der Waals surface area contributed by atoms with Crippen molar-refractivity contribution >= 4 is 35.1 Å². The number of carbonyl (C=O) groups excluding carboxylic acids is 4. The number of anilines is 2. The van der Waals surface area contributed by atoms with E-state index in [1.165, 1.54) is 4.90 Å². The lowest BCUT2D eigenvalue weighted by atomic mass is 9.91. The molecule has 0 saturated carbocycles. The highest BCUT2D eigenvalue weighted by atomic mass is 16.7. The van der Waals surface area contributed by atoms with Crippen LogP contribution in [0.1, 0.15) is 25.8 Å². The molecule has 5 amide bonds. The number of ether oxygens (including phenoxy) is 2. The molecule has 0 bridgehead atoms. The molecule has 2 aromatic rings. The van der Waals surface area contributed by atoms with Crippen LogP contribution in [-0.2, 0) is 19.9 Å². The predicted molar refractivity (Wildman–Crippen MR) is 117 cm³/mol. The average molecular weight is 450 g/mol. The first-order valence-corrected chi connectivity index (χ1v) is 10.5. The first-order valence-electron chi connectivity index (χ1n) is 10.5. The van der Waals surface area contributed by atoms with Gasteiger partial charge in [0.25, 0.3) is 5.91 Å². The maximum absolute atomic E-state index is 13.4. The largest absolute Gasteiger partial charge is 0.454 e. The summed E-state index contributed by atoms with van der Waals surface area (Å²) >= 11 is 0. The molecular weight excluding hydrogens is 428 g/mol. The van der Waals surface area contributed by atoms with E-state index >= 15 is 0 Å². The molecule has 0 radical (unpaired) electrons. The number of hydrogen-bond acceptors (Lipinski definition) is 6. The topological polar surface area (TPSA) is 117 Å². The molecule has 3 aliphatic rings. The van der Waals surface area contributed by atoms with Crippen LogP contribution in [0.3, 0.4) is 0 Å². The third kappa shape index (κ3) is 3.34. The van der Waals surface area contributed by atoms with Crippen LogP contribution in [-0.4, -0.2) is 48.0 Å². The summed E-state index contributed by atoms with van der Waals surface area (Å²) in [5.41, 5.74) is 0.176. The first-order chi connectivity index (χ1) is 15.8. The molecule has 33 heavy (non-hydrogen) atoms. The molecule has 10 heteroatoms. The van der Waals surface area contributed by atoms with Crippen molar-refractivity contribution in [3.05, 3.63) is 48.0 Å². The summed E-state index contributed by atoms with van der Waals surface area (Å²) in [5.74, 6) is -0.189. The Morgan fingerprint density at radius 3 is 2.70 bits per heavy atom. The second-order valence-corrected chi connectivity index (χ2v) is 8.40. The lowest BCUT2D eigenvalue weighted by Gasteiger charge is -2.29. The van der Waals surface area contributed by atoms with Gasteiger partial charge in [0, 0.05) is 12.5 Å². The fraction of sp³-hybridized carbons (Fsp3) is 0.304. The molecule has 2 N–H and O–H groups in total. The van der Waals surface area contributed by atoms with Gasteiger partial charge >= 0.3 is 6.03 Å². The Morgan fingerprint density at radius 2 is 1.88 bits per heavy atom. The number of amides is 5. The monoisotopic (exact) mass is 450 g/mol. The highest BCUT2D eigenvalue weighted by Crippen LogP contribution is 2.38. The molecule has 170 valence electrons. The van der Waals surface area contributed by atoms with Crippen LogP contribution in [0.15, 0.2) is 42.5 Å². The van der Waals surface area contributed by atoms with E-state index in [4.69, 9.17) is 9.47 Å². The lowest BCUT2D eigenvalue weighted by molar-refractivity contribution is -0.134. The Bertz CT molecular complexity index is 1200. The number of carbonyl (C=O) groups is 4. The third-order valence-electron chi connectivity index (χ3n) is 6.15. The average Bonchev–Trinajstić information content (AvgIpc) is 3.29. The van der Waals surface area contributed by atoms with Crippen molar-refractivity contribution in [2.45, 2.75) is 31.8 Å². The van der Waals surface area contributed by atoms with Gasteiger partial charge in [0.1, 0.15) is 12.1 Å². The van der Waals surface area contributed by atoms with Crippen LogP contribution in [0.25, 0.3) is 0 Å².